The molecule has 2 N–H and O–H groups in total. The van der Waals surface area contributed by atoms with Gasteiger partial charge in [0.1, 0.15) is 22.8 Å². The first kappa shape index (κ1) is 19.1. The second kappa shape index (κ2) is 8.75. The third-order valence-corrected chi connectivity index (χ3v) is 3.52. The molecule has 0 bridgehead atoms. The summed E-state index contributed by atoms with van der Waals surface area (Å²) in [6.45, 7) is 3.73. The molecular weight excluding hydrogens is 338 g/mol. The molecule has 1 amide bonds. The molecule has 7 heteroatoms. The first-order valence-corrected chi connectivity index (χ1v) is 8.07. The third-order valence-electron chi connectivity index (χ3n) is 3.52. The summed E-state index contributed by atoms with van der Waals surface area (Å²) in [5.41, 5.74) is 0.426. The molecule has 0 saturated heterocycles. The lowest BCUT2D eigenvalue weighted by Gasteiger charge is -2.16. The van der Waals surface area contributed by atoms with Crippen LogP contribution in [0, 0.1) is 0 Å². The van der Waals surface area contributed by atoms with Crippen LogP contribution in [0.4, 0.5) is 5.69 Å². The summed E-state index contributed by atoms with van der Waals surface area (Å²) >= 11 is 0. The van der Waals surface area contributed by atoms with Crippen molar-refractivity contribution < 1.29 is 28.9 Å². The fourth-order valence-corrected chi connectivity index (χ4v) is 2.17. The monoisotopic (exact) mass is 359 g/mol. The number of ether oxygens (including phenoxy) is 3. The van der Waals surface area contributed by atoms with Crippen LogP contribution in [0.2, 0.25) is 0 Å². The van der Waals surface area contributed by atoms with Crippen LogP contribution in [0.1, 0.15) is 24.2 Å². The maximum Gasteiger partial charge on any atom is 0.342 e. The smallest absolute Gasteiger partial charge is 0.342 e. The second-order valence-electron chi connectivity index (χ2n) is 5.35. The van der Waals surface area contributed by atoms with Crippen LogP contribution in [0.25, 0.3) is 0 Å². The average Bonchev–Trinajstić information content (AvgIpc) is 2.63. The van der Waals surface area contributed by atoms with E-state index >= 15 is 0 Å². The van der Waals surface area contributed by atoms with Gasteiger partial charge in [0, 0.05) is 6.07 Å². The number of carbonyl (C=O) groups is 2. The van der Waals surface area contributed by atoms with Crippen LogP contribution in [0.15, 0.2) is 42.5 Å². The number of aromatic hydroxyl groups is 1. The summed E-state index contributed by atoms with van der Waals surface area (Å²) in [5, 5.41) is 12.5. The van der Waals surface area contributed by atoms with Crippen molar-refractivity contribution in [1.82, 2.24) is 0 Å². The largest absolute Gasteiger partial charge is 0.507 e. The van der Waals surface area contributed by atoms with E-state index in [0.29, 0.717) is 23.8 Å². The Morgan fingerprint density at radius 2 is 1.92 bits per heavy atom. The summed E-state index contributed by atoms with van der Waals surface area (Å²) in [7, 11) is 1.44. The zero-order chi connectivity index (χ0) is 19.1. The molecule has 0 fully saturated rings. The number of phenols is 1. The number of hydrogen-bond acceptors (Lipinski definition) is 6. The summed E-state index contributed by atoms with van der Waals surface area (Å²) in [5.74, 6) is -0.694. The van der Waals surface area contributed by atoms with Crippen molar-refractivity contribution in [1.29, 1.82) is 0 Å². The Morgan fingerprint density at radius 1 is 1.19 bits per heavy atom. The van der Waals surface area contributed by atoms with Gasteiger partial charge in [-0.25, -0.2) is 4.79 Å². The number of rotatable bonds is 7. The van der Waals surface area contributed by atoms with Gasteiger partial charge in [-0.15, -0.1) is 0 Å². The highest BCUT2D eigenvalue weighted by Crippen LogP contribution is 2.26. The van der Waals surface area contributed by atoms with E-state index in [1.54, 1.807) is 24.3 Å². The van der Waals surface area contributed by atoms with Crippen molar-refractivity contribution in [3.8, 4) is 17.2 Å². The van der Waals surface area contributed by atoms with Crippen LogP contribution in [0.3, 0.4) is 0 Å². The van der Waals surface area contributed by atoms with Gasteiger partial charge in [-0.2, -0.15) is 0 Å². The van der Waals surface area contributed by atoms with Crippen LogP contribution in [-0.4, -0.2) is 36.8 Å². The van der Waals surface area contributed by atoms with Gasteiger partial charge in [0.25, 0.3) is 5.91 Å². The third kappa shape index (κ3) is 4.66. The minimum absolute atomic E-state index is 0.0554. The molecule has 7 nitrogen and oxygen atoms in total. The number of anilines is 1. The van der Waals surface area contributed by atoms with E-state index in [4.69, 9.17) is 14.2 Å². The fraction of sp³-hybridized carbons (Fsp3) is 0.263. The molecule has 0 aliphatic rings. The second-order valence-corrected chi connectivity index (χ2v) is 5.35. The Morgan fingerprint density at radius 3 is 2.58 bits per heavy atom. The van der Waals surface area contributed by atoms with Crippen molar-refractivity contribution >= 4 is 17.6 Å². The van der Waals surface area contributed by atoms with Gasteiger partial charge < -0.3 is 24.6 Å². The van der Waals surface area contributed by atoms with E-state index in [0.717, 1.165) is 0 Å². The predicted molar refractivity (Wildman–Crippen MR) is 95.8 cm³/mol. The highest BCUT2D eigenvalue weighted by Gasteiger charge is 2.22. The zero-order valence-electron chi connectivity index (χ0n) is 14.8. The van der Waals surface area contributed by atoms with Gasteiger partial charge in [-0.05, 0) is 38.1 Å². The molecule has 2 rings (SSSR count). The Balaban J connectivity index is 2.04. The standard InChI is InChI=1S/C19H21NO6/c1-4-25-17-8-6-5-7-15(17)20-18(22)12(2)26-19(23)14-10-9-13(24-3)11-16(14)21/h5-12,21H,4H2,1-3H3,(H,20,22)/t12-/m1/s1. The molecular formula is C19H21NO6. The van der Waals surface area contributed by atoms with Crippen molar-refractivity contribution in [3.63, 3.8) is 0 Å². The van der Waals surface area contributed by atoms with E-state index in [1.807, 2.05) is 6.92 Å². The lowest BCUT2D eigenvalue weighted by molar-refractivity contribution is -0.123. The van der Waals surface area contributed by atoms with Gasteiger partial charge in [-0.1, -0.05) is 12.1 Å². The maximum absolute atomic E-state index is 12.3. The van der Waals surface area contributed by atoms with Gasteiger partial charge in [0.05, 0.1) is 19.4 Å². The fourth-order valence-electron chi connectivity index (χ4n) is 2.17. The van der Waals surface area contributed by atoms with E-state index in [2.05, 4.69) is 5.32 Å². The number of benzene rings is 2. The number of amides is 1. The number of nitrogens with one attached hydrogen (secondary N) is 1. The highest BCUT2D eigenvalue weighted by atomic mass is 16.5. The number of phenolic OH excluding ortho intramolecular Hbond substituents is 1. The molecule has 0 saturated carbocycles. The zero-order valence-corrected chi connectivity index (χ0v) is 14.8. The van der Waals surface area contributed by atoms with Gasteiger partial charge in [0.2, 0.25) is 0 Å². The quantitative estimate of drug-likeness (QED) is 0.738. The Hall–Kier alpha value is -3.22. The summed E-state index contributed by atoms with van der Waals surface area (Å²) in [4.78, 5) is 24.5. The van der Waals surface area contributed by atoms with E-state index in [-0.39, 0.29) is 11.3 Å². The number of esters is 1. The average molecular weight is 359 g/mol. The first-order valence-electron chi connectivity index (χ1n) is 8.07. The minimum atomic E-state index is -1.07. The van der Waals surface area contributed by atoms with E-state index < -0.39 is 18.0 Å². The van der Waals surface area contributed by atoms with Crippen molar-refractivity contribution in [2.45, 2.75) is 20.0 Å². The highest BCUT2D eigenvalue weighted by molar-refractivity contribution is 5.99. The SMILES string of the molecule is CCOc1ccccc1NC(=O)[C@@H](C)OC(=O)c1ccc(OC)cc1O. The summed E-state index contributed by atoms with van der Waals surface area (Å²) in [6.07, 6.45) is -1.07. The molecule has 2 aromatic rings. The Labute approximate surface area is 151 Å². The maximum atomic E-state index is 12.3. The summed E-state index contributed by atoms with van der Waals surface area (Å²) < 4.78 is 15.5. The molecule has 0 radical (unpaired) electrons. The number of hydrogen-bond donors (Lipinski definition) is 2. The van der Waals surface area contributed by atoms with Gasteiger partial charge in [0.15, 0.2) is 6.10 Å². The number of methoxy groups -OCH3 is 1. The number of para-hydroxylation sites is 2. The molecule has 1 atom stereocenters. The van der Waals surface area contributed by atoms with Crippen LogP contribution in [-0.2, 0) is 9.53 Å². The summed E-state index contributed by atoms with van der Waals surface area (Å²) in [6, 6.07) is 11.1. The van der Waals surface area contributed by atoms with Crippen LogP contribution in [0.5, 0.6) is 17.2 Å². The minimum Gasteiger partial charge on any atom is -0.507 e. The molecule has 0 aliphatic heterocycles. The van der Waals surface area contributed by atoms with Crippen LogP contribution >= 0.6 is 0 Å². The van der Waals surface area contributed by atoms with Crippen molar-refractivity contribution in [2.75, 3.05) is 19.0 Å². The molecule has 0 heterocycles. The molecule has 0 unspecified atom stereocenters. The van der Waals surface area contributed by atoms with Gasteiger partial charge >= 0.3 is 5.97 Å². The van der Waals surface area contributed by atoms with Crippen LogP contribution < -0.4 is 14.8 Å². The first-order chi connectivity index (χ1) is 12.5. The Kier molecular flexibility index (Phi) is 6.43. The molecule has 138 valence electrons. The molecule has 0 spiro atoms. The molecule has 2 aromatic carbocycles. The van der Waals surface area contributed by atoms with E-state index in [1.165, 1.54) is 32.2 Å². The van der Waals surface area contributed by atoms with E-state index in [9.17, 15) is 14.7 Å². The Bertz CT molecular complexity index is 789. The molecule has 0 aliphatic carbocycles. The molecule has 0 aromatic heterocycles. The van der Waals surface area contributed by atoms with Gasteiger partial charge in [-0.3, -0.25) is 4.79 Å². The van der Waals surface area contributed by atoms with Crippen molar-refractivity contribution in [3.05, 3.63) is 48.0 Å². The topological polar surface area (TPSA) is 94.1 Å². The normalized spacial score (nSPS) is 11.3. The lowest BCUT2D eigenvalue weighted by atomic mass is 10.2. The lowest BCUT2D eigenvalue weighted by Crippen LogP contribution is -2.30. The molecule has 26 heavy (non-hydrogen) atoms. The number of carbonyl (C=O) groups excluding carboxylic acids is 2. The predicted octanol–water partition coefficient (Wildman–Crippen LogP) is 2.98. The van der Waals surface area contributed by atoms with Crippen molar-refractivity contribution in [2.24, 2.45) is 0 Å².